The maximum Gasteiger partial charge on any atom is 0.254 e. The number of aryl methyl sites for hydroxylation is 1. The molecule has 1 fully saturated rings. The molecule has 26 heavy (non-hydrogen) atoms. The van der Waals surface area contributed by atoms with Gasteiger partial charge in [0.05, 0.1) is 6.10 Å². The molecule has 2 amide bonds. The van der Waals surface area contributed by atoms with Gasteiger partial charge in [-0.05, 0) is 36.8 Å². The van der Waals surface area contributed by atoms with Crippen LogP contribution in [-0.4, -0.2) is 52.5 Å². The zero-order chi connectivity index (χ0) is 18.7. The third kappa shape index (κ3) is 4.42. The number of carbonyl (C=O) groups excluding carboxylic acids is 2. The van der Waals surface area contributed by atoms with Crippen LogP contribution in [0.5, 0.6) is 0 Å². The van der Waals surface area contributed by atoms with Crippen molar-refractivity contribution in [2.24, 2.45) is 0 Å². The lowest BCUT2D eigenvalue weighted by Crippen LogP contribution is -2.39. The van der Waals surface area contributed by atoms with Crippen LogP contribution in [0.2, 0.25) is 5.02 Å². The van der Waals surface area contributed by atoms with Crippen molar-refractivity contribution in [1.29, 1.82) is 0 Å². The highest BCUT2D eigenvalue weighted by Crippen LogP contribution is 2.15. The Morgan fingerprint density at radius 2 is 1.77 bits per heavy atom. The molecular formula is C20H21ClN2O3. The average molecular weight is 373 g/mol. The Labute approximate surface area is 157 Å². The van der Waals surface area contributed by atoms with Crippen molar-refractivity contribution in [1.82, 2.24) is 9.80 Å². The van der Waals surface area contributed by atoms with E-state index in [0.717, 1.165) is 11.1 Å². The molecule has 0 aromatic heterocycles. The lowest BCUT2D eigenvalue weighted by molar-refractivity contribution is -0.131. The van der Waals surface area contributed by atoms with Gasteiger partial charge in [-0.15, -0.1) is 0 Å². The van der Waals surface area contributed by atoms with Gasteiger partial charge in [0.2, 0.25) is 5.91 Å². The summed E-state index contributed by atoms with van der Waals surface area (Å²) < 4.78 is 0. The summed E-state index contributed by atoms with van der Waals surface area (Å²) in [5.41, 5.74) is 2.50. The largest absolute Gasteiger partial charge is 0.389 e. The van der Waals surface area contributed by atoms with Crippen LogP contribution in [0.15, 0.2) is 48.5 Å². The Bertz CT molecular complexity index is 790. The molecule has 2 aromatic carbocycles. The fraction of sp³-hybridized carbons (Fsp3) is 0.300. The summed E-state index contributed by atoms with van der Waals surface area (Å²) >= 11 is 5.89. The second kappa shape index (κ2) is 7.89. The minimum atomic E-state index is -0.789. The zero-order valence-electron chi connectivity index (χ0n) is 14.6. The van der Waals surface area contributed by atoms with E-state index in [9.17, 15) is 14.7 Å². The Balaban J connectivity index is 1.72. The standard InChI is InChI=1S/C20H21ClN2O3/c1-14-2-6-16(7-3-14)20(26)23-12-18(24)11-22(19(25)13-23)10-15-4-8-17(21)9-5-15/h2-9,18,24H,10-13H2,1H3. The summed E-state index contributed by atoms with van der Waals surface area (Å²) in [6.07, 6.45) is -0.789. The zero-order valence-corrected chi connectivity index (χ0v) is 15.3. The minimum Gasteiger partial charge on any atom is -0.389 e. The normalized spacial score (nSPS) is 18.0. The number of hydrogen-bond acceptors (Lipinski definition) is 3. The van der Waals surface area contributed by atoms with Crippen molar-refractivity contribution < 1.29 is 14.7 Å². The number of rotatable bonds is 3. The van der Waals surface area contributed by atoms with E-state index < -0.39 is 6.10 Å². The first-order valence-corrected chi connectivity index (χ1v) is 8.86. The topological polar surface area (TPSA) is 60.9 Å². The van der Waals surface area contributed by atoms with Crippen LogP contribution in [0, 0.1) is 6.92 Å². The van der Waals surface area contributed by atoms with Gasteiger partial charge in [-0.2, -0.15) is 0 Å². The molecule has 2 aromatic rings. The molecule has 0 bridgehead atoms. The number of amides is 2. The highest BCUT2D eigenvalue weighted by atomic mass is 35.5. The number of nitrogens with zero attached hydrogens (tertiary/aromatic N) is 2. The Hall–Kier alpha value is -2.37. The van der Waals surface area contributed by atoms with Gasteiger partial charge in [-0.3, -0.25) is 9.59 Å². The quantitative estimate of drug-likeness (QED) is 0.900. The van der Waals surface area contributed by atoms with Gasteiger partial charge < -0.3 is 14.9 Å². The summed E-state index contributed by atoms with van der Waals surface area (Å²) in [6, 6.07) is 14.4. The van der Waals surface area contributed by atoms with Crippen molar-refractivity contribution in [2.75, 3.05) is 19.6 Å². The Kier molecular flexibility index (Phi) is 5.59. The summed E-state index contributed by atoms with van der Waals surface area (Å²) in [6.45, 7) is 2.60. The molecule has 6 heteroatoms. The van der Waals surface area contributed by atoms with Crippen LogP contribution >= 0.6 is 11.6 Å². The van der Waals surface area contributed by atoms with E-state index in [4.69, 9.17) is 11.6 Å². The van der Waals surface area contributed by atoms with Crippen molar-refractivity contribution in [3.05, 3.63) is 70.2 Å². The van der Waals surface area contributed by atoms with E-state index in [1.165, 1.54) is 4.90 Å². The third-order valence-electron chi connectivity index (χ3n) is 4.41. The molecule has 5 nitrogen and oxygen atoms in total. The van der Waals surface area contributed by atoms with Crippen LogP contribution in [-0.2, 0) is 11.3 Å². The monoisotopic (exact) mass is 372 g/mol. The molecule has 1 saturated heterocycles. The molecule has 0 radical (unpaired) electrons. The van der Waals surface area contributed by atoms with Crippen LogP contribution in [0.4, 0.5) is 0 Å². The minimum absolute atomic E-state index is 0.0443. The smallest absolute Gasteiger partial charge is 0.254 e. The number of benzene rings is 2. The summed E-state index contributed by atoms with van der Waals surface area (Å²) in [7, 11) is 0. The maximum atomic E-state index is 12.7. The van der Waals surface area contributed by atoms with Gasteiger partial charge in [0.1, 0.15) is 6.54 Å². The first-order valence-electron chi connectivity index (χ1n) is 8.48. The number of hydrogen-bond donors (Lipinski definition) is 1. The lowest BCUT2D eigenvalue weighted by atomic mass is 10.1. The molecule has 1 aliphatic rings. The van der Waals surface area contributed by atoms with E-state index in [-0.39, 0.29) is 31.4 Å². The van der Waals surface area contributed by atoms with Crippen molar-refractivity contribution in [3.63, 3.8) is 0 Å². The molecule has 1 unspecified atom stereocenters. The molecule has 0 spiro atoms. The number of halogens is 1. The van der Waals surface area contributed by atoms with E-state index in [1.54, 1.807) is 29.2 Å². The average Bonchev–Trinajstić information content (AvgIpc) is 2.75. The molecule has 0 aliphatic carbocycles. The summed E-state index contributed by atoms with van der Waals surface area (Å²) in [5, 5.41) is 10.9. The fourth-order valence-corrected chi connectivity index (χ4v) is 3.12. The van der Waals surface area contributed by atoms with Gasteiger partial charge in [0, 0.05) is 30.2 Å². The molecule has 3 rings (SSSR count). The predicted molar refractivity (Wildman–Crippen MR) is 100.0 cm³/mol. The van der Waals surface area contributed by atoms with E-state index in [0.29, 0.717) is 17.1 Å². The Morgan fingerprint density at radius 3 is 2.42 bits per heavy atom. The Morgan fingerprint density at radius 1 is 1.12 bits per heavy atom. The fourth-order valence-electron chi connectivity index (χ4n) is 2.99. The van der Waals surface area contributed by atoms with E-state index >= 15 is 0 Å². The van der Waals surface area contributed by atoms with E-state index in [2.05, 4.69) is 0 Å². The van der Waals surface area contributed by atoms with Crippen LogP contribution in [0.25, 0.3) is 0 Å². The van der Waals surface area contributed by atoms with Gasteiger partial charge >= 0.3 is 0 Å². The molecule has 1 aliphatic heterocycles. The molecule has 1 heterocycles. The molecule has 0 saturated carbocycles. The van der Waals surface area contributed by atoms with Crippen LogP contribution < -0.4 is 0 Å². The SMILES string of the molecule is Cc1ccc(C(=O)N2CC(=O)N(Cc3ccc(Cl)cc3)CC(O)C2)cc1. The number of aliphatic hydroxyl groups is 1. The lowest BCUT2D eigenvalue weighted by Gasteiger charge is -2.22. The number of aliphatic hydroxyl groups excluding tert-OH is 1. The van der Waals surface area contributed by atoms with Gasteiger partial charge in [0.25, 0.3) is 5.91 Å². The highest BCUT2D eigenvalue weighted by molar-refractivity contribution is 6.30. The molecule has 1 N–H and O–H groups in total. The number of β-amino-alcohol motifs (C(OH)–C–C–N with tert-alkyl or cyclic N) is 1. The highest BCUT2D eigenvalue weighted by Gasteiger charge is 2.29. The van der Waals surface area contributed by atoms with Gasteiger partial charge in [-0.1, -0.05) is 41.4 Å². The van der Waals surface area contributed by atoms with Gasteiger partial charge in [-0.25, -0.2) is 0 Å². The summed E-state index contributed by atoms with van der Waals surface area (Å²) in [4.78, 5) is 28.3. The third-order valence-corrected chi connectivity index (χ3v) is 4.67. The maximum absolute atomic E-state index is 12.7. The number of carbonyl (C=O) groups is 2. The van der Waals surface area contributed by atoms with Crippen LogP contribution in [0.3, 0.4) is 0 Å². The second-order valence-corrected chi connectivity index (χ2v) is 7.04. The first-order chi connectivity index (χ1) is 12.4. The van der Waals surface area contributed by atoms with Crippen molar-refractivity contribution >= 4 is 23.4 Å². The second-order valence-electron chi connectivity index (χ2n) is 6.61. The summed E-state index contributed by atoms with van der Waals surface area (Å²) in [5.74, 6) is -0.428. The predicted octanol–water partition coefficient (Wildman–Crippen LogP) is 2.49. The molecule has 136 valence electrons. The van der Waals surface area contributed by atoms with Crippen molar-refractivity contribution in [2.45, 2.75) is 19.6 Å². The van der Waals surface area contributed by atoms with E-state index in [1.807, 2.05) is 31.2 Å². The molecule has 1 atom stereocenters. The van der Waals surface area contributed by atoms with Crippen molar-refractivity contribution in [3.8, 4) is 0 Å². The van der Waals surface area contributed by atoms with Gasteiger partial charge in [0.15, 0.2) is 0 Å². The van der Waals surface area contributed by atoms with Crippen LogP contribution in [0.1, 0.15) is 21.5 Å². The first kappa shape index (κ1) is 18.4. The molecular weight excluding hydrogens is 352 g/mol.